The number of rotatable bonds is 5. The van der Waals surface area contributed by atoms with Crippen LogP contribution in [0, 0.1) is 5.92 Å². The molecule has 1 saturated heterocycles. The van der Waals surface area contributed by atoms with Gasteiger partial charge in [-0.2, -0.15) is 0 Å². The number of carbonyl (C=O) groups is 2. The van der Waals surface area contributed by atoms with Crippen LogP contribution in [0.25, 0.3) is 10.9 Å². The molecule has 29 heavy (non-hydrogen) atoms. The number of aliphatic carboxylic acids is 1. The lowest BCUT2D eigenvalue weighted by Crippen LogP contribution is -2.50. The van der Waals surface area contributed by atoms with Crippen molar-refractivity contribution in [1.82, 2.24) is 10.3 Å². The van der Waals surface area contributed by atoms with Crippen LogP contribution < -0.4 is 5.32 Å². The van der Waals surface area contributed by atoms with Crippen molar-refractivity contribution in [2.24, 2.45) is 5.92 Å². The van der Waals surface area contributed by atoms with E-state index in [0.717, 1.165) is 26.5 Å². The predicted octanol–water partition coefficient (Wildman–Crippen LogP) is 3.82. The summed E-state index contributed by atoms with van der Waals surface area (Å²) in [6, 6.07) is 14.8. The molecule has 1 fully saturated rings. The van der Waals surface area contributed by atoms with Crippen LogP contribution in [0.5, 0.6) is 0 Å². The fourth-order valence-electron chi connectivity index (χ4n) is 4.30. The molecule has 3 atom stereocenters. The van der Waals surface area contributed by atoms with Gasteiger partial charge in [-0.15, -0.1) is 0 Å². The van der Waals surface area contributed by atoms with Crippen molar-refractivity contribution < 1.29 is 19.4 Å². The fourth-order valence-corrected chi connectivity index (χ4v) is 4.57. The van der Waals surface area contributed by atoms with Gasteiger partial charge in [0.25, 0.3) is 0 Å². The molecule has 6 nitrogen and oxygen atoms in total. The molecule has 3 aromatic rings. The molecule has 3 N–H and O–H groups in total. The Kier molecular flexibility index (Phi) is 5.19. The second kappa shape index (κ2) is 7.65. The van der Waals surface area contributed by atoms with E-state index in [0.29, 0.717) is 6.42 Å². The first kappa shape index (κ1) is 19.7. The van der Waals surface area contributed by atoms with Gasteiger partial charge in [0.2, 0.25) is 0 Å². The average molecular weight is 457 g/mol. The van der Waals surface area contributed by atoms with Crippen molar-refractivity contribution in [3.8, 4) is 0 Å². The van der Waals surface area contributed by atoms with Gasteiger partial charge in [-0.1, -0.05) is 46.3 Å². The van der Waals surface area contributed by atoms with E-state index < -0.39 is 29.4 Å². The third-order valence-corrected chi connectivity index (χ3v) is 6.22. The highest BCUT2D eigenvalue weighted by Gasteiger charge is 2.53. The molecule has 1 aliphatic heterocycles. The van der Waals surface area contributed by atoms with Crippen LogP contribution in [-0.2, 0) is 20.7 Å². The summed E-state index contributed by atoms with van der Waals surface area (Å²) in [6.07, 6.45) is 2.36. The maximum Gasteiger partial charge on any atom is 0.326 e. The molecule has 0 radical (unpaired) electrons. The van der Waals surface area contributed by atoms with Crippen LogP contribution >= 0.6 is 15.9 Å². The minimum Gasteiger partial charge on any atom is -0.481 e. The number of aromatic amines is 1. The number of benzene rings is 2. The normalized spacial score (nSPS) is 23.9. The van der Waals surface area contributed by atoms with Crippen molar-refractivity contribution in [2.75, 3.05) is 7.11 Å². The second-order valence-electron chi connectivity index (χ2n) is 7.43. The number of esters is 1. The summed E-state index contributed by atoms with van der Waals surface area (Å²) in [5.74, 6) is -2.13. The number of aromatic nitrogens is 1. The molecule has 0 saturated carbocycles. The molecule has 2 aromatic carbocycles. The van der Waals surface area contributed by atoms with Crippen molar-refractivity contribution in [3.63, 3.8) is 0 Å². The number of carboxylic acid groups (broad SMARTS) is 1. The standard InChI is InChI=1S/C22H21BrN2O4/c1-29-21(28)22(10-14-12-24-18-5-3-2-4-16(14)18)11-17(20(26)27)19(25-22)13-6-8-15(23)9-7-13/h2-9,12,17,19,24-25H,10-11H2,1H3,(H,26,27)/t17?,19-,22-/m1/s1. The number of para-hydroxylation sites is 1. The summed E-state index contributed by atoms with van der Waals surface area (Å²) in [5, 5.41) is 14.2. The first-order valence-electron chi connectivity index (χ1n) is 9.33. The molecule has 7 heteroatoms. The molecular weight excluding hydrogens is 436 g/mol. The van der Waals surface area contributed by atoms with E-state index in [-0.39, 0.29) is 6.42 Å². The summed E-state index contributed by atoms with van der Waals surface area (Å²) in [5.41, 5.74) is 1.62. The number of carboxylic acids is 1. The number of nitrogens with one attached hydrogen (secondary N) is 2. The smallest absolute Gasteiger partial charge is 0.326 e. The van der Waals surface area contributed by atoms with E-state index in [9.17, 15) is 14.7 Å². The number of hydrogen-bond acceptors (Lipinski definition) is 4. The second-order valence-corrected chi connectivity index (χ2v) is 8.35. The van der Waals surface area contributed by atoms with Crippen molar-refractivity contribution >= 4 is 38.8 Å². The molecule has 2 heterocycles. The van der Waals surface area contributed by atoms with Gasteiger partial charge in [0.1, 0.15) is 5.54 Å². The summed E-state index contributed by atoms with van der Waals surface area (Å²) in [4.78, 5) is 28.2. The zero-order chi connectivity index (χ0) is 20.6. The Balaban J connectivity index is 1.75. The monoisotopic (exact) mass is 456 g/mol. The number of fused-ring (bicyclic) bond motifs is 1. The number of carbonyl (C=O) groups excluding carboxylic acids is 1. The van der Waals surface area contributed by atoms with Gasteiger partial charge < -0.3 is 14.8 Å². The fraction of sp³-hybridized carbons (Fsp3) is 0.273. The first-order chi connectivity index (χ1) is 13.9. The zero-order valence-corrected chi connectivity index (χ0v) is 17.4. The molecule has 0 amide bonds. The molecule has 150 valence electrons. The van der Waals surface area contributed by atoms with Crippen LogP contribution in [0.15, 0.2) is 59.2 Å². The largest absolute Gasteiger partial charge is 0.481 e. The quantitative estimate of drug-likeness (QED) is 0.507. The molecule has 1 aliphatic rings. The first-order valence-corrected chi connectivity index (χ1v) is 10.1. The van der Waals surface area contributed by atoms with Crippen LogP contribution in [0.1, 0.15) is 23.6 Å². The lowest BCUT2D eigenvalue weighted by Gasteiger charge is -2.27. The zero-order valence-electron chi connectivity index (χ0n) is 15.8. The van der Waals surface area contributed by atoms with Gasteiger partial charge in [-0.3, -0.25) is 14.9 Å². The van der Waals surface area contributed by atoms with Crippen molar-refractivity contribution in [2.45, 2.75) is 24.4 Å². The van der Waals surface area contributed by atoms with E-state index in [1.807, 2.05) is 54.7 Å². The van der Waals surface area contributed by atoms with Gasteiger partial charge in [0, 0.05) is 34.0 Å². The van der Waals surface area contributed by atoms with Gasteiger partial charge in [0.15, 0.2) is 0 Å². The van der Waals surface area contributed by atoms with Gasteiger partial charge >= 0.3 is 11.9 Å². The lowest BCUT2D eigenvalue weighted by atomic mass is 9.85. The third-order valence-electron chi connectivity index (χ3n) is 5.69. The number of ether oxygens (including phenoxy) is 1. The highest BCUT2D eigenvalue weighted by molar-refractivity contribution is 9.10. The summed E-state index contributed by atoms with van der Waals surface area (Å²) >= 11 is 3.40. The van der Waals surface area contributed by atoms with E-state index in [2.05, 4.69) is 26.2 Å². The van der Waals surface area contributed by atoms with E-state index in [1.54, 1.807) is 0 Å². The topological polar surface area (TPSA) is 91.4 Å². The van der Waals surface area contributed by atoms with Gasteiger partial charge in [-0.05, 0) is 35.7 Å². The van der Waals surface area contributed by atoms with Gasteiger partial charge in [-0.25, -0.2) is 0 Å². The number of halogens is 1. The average Bonchev–Trinajstić information content (AvgIpc) is 3.31. The van der Waals surface area contributed by atoms with E-state index >= 15 is 0 Å². The highest BCUT2D eigenvalue weighted by atomic mass is 79.9. The number of hydrogen-bond donors (Lipinski definition) is 3. The molecule has 4 rings (SSSR count). The van der Waals surface area contributed by atoms with Crippen molar-refractivity contribution in [3.05, 3.63) is 70.3 Å². The van der Waals surface area contributed by atoms with Crippen LogP contribution in [0.4, 0.5) is 0 Å². The minimum absolute atomic E-state index is 0.148. The Bertz CT molecular complexity index is 1060. The Morgan fingerprint density at radius 3 is 2.62 bits per heavy atom. The molecule has 1 aromatic heterocycles. The van der Waals surface area contributed by atoms with Crippen LogP contribution in [0.3, 0.4) is 0 Å². The SMILES string of the molecule is COC(=O)[C@@]1(Cc2c[nH]c3ccccc23)CC(C(=O)O)[C@@H](c2ccc(Br)cc2)N1. The van der Waals surface area contributed by atoms with Crippen molar-refractivity contribution in [1.29, 1.82) is 0 Å². The van der Waals surface area contributed by atoms with Gasteiger partial charge in [0.05, 0.1) is 13.0 Å². The van der Waals surface area contributed by atoms with Crippen LogP contribution in [-0.4, -0.2) is 34.7 Å². The highest BCUT2D eigenvalue weighted by Crippen LogP contribution is 2.41. The Morgan fingerprint density at radius 2 is 1.93 bits per heavy atom. The minimum atomic E-state index is -1.12. The lowest BCUT2D eigenvalue weighted by molar-refractivity contribution is -0.148. The summed E-state index contributed by atoms with van der Waals surface area (Å²) in [6.45, 7) is 0. The molecule has 1 unspecified atom stereocenters. The Labute approximate surface area is 176 Å². The summed E-state index contributed by atoms with van der Waals surface area (Å²) in [7, 11) is 1.34. The maximum absolute atomic E-state index is 12.9. The molecule has 0 aliphatic carbocycles. The van der Waals surface area contributed by atoms with E-state index in [4.69, 9.17) is 4.74 Å². The van der Waals surface area contributed by atoms with Crippen LogP contribution in [0.2, 0.25) is 0 Å². The molecule has 0 bridgehead atoms. The number of methoxy groups -OCH3 is 1. The number of H-pyrrole nitrogens is 1. The molecule has 0 spiro atoms. The summed E-state index contributed by atoms with van der Waals surface area (Å²) < 4.78 is 6.02. The maximum atomic E-state index is 12.9. The Hall–Kier alpha value is -2.64. The molecular formula is C22H21BrN2O4. The predicted molar refractivity (Wildman–Crippen MR) is 113 cm³/mol. The Morgan fingerprint density at radius 1 is 1.21 bits per heavy atom. The van der Waals surface area contributed by atoms with E-state index in [1.165, 1.54) is 7.11 Å². The third kappa shape index (κ3) is 3.56.